The fraction of sp³-hybridized carbons (Fsp3) is 0.250. The topological polar surface area (TPSA) is 52.6 Å². The van der Waals surface area contributed by atoms with Gasteiger partial charge < -0.3 is 9.47 Å². The van der Waals surface area contributed by atoms with E-state index in [-0.39, 0.29) is 10.8 Å². The quantitative estimate of drug-likeness (QED) is 0.192. The zero-order chi connectivity index (χ0) is 26.7. The Hall–Kier alpha value is -3.92. The smallest absolute Gasteiger partial charge is 0.338 e. The molecule has 0 unspecified atom stereocenters. The first kappa shape index (κ1) is 26.7. The lowest BCUT2D eigenvalue weighted by atomic mass is 9.73. The molecule has 3 rings (SSSR count). The molecule has 0 aromatic heterocycles. The van der Waals surface area contributed by atoms with Crippen molar-refractivity contribution in [1.82, 2.24) is 0 Å². The van der Waals surface area contributed by atoms with Crippen molar-refractivity contribution in [2.45, 2.75) is 52.4 Å². The Morgan fingerprint density at radius 1 is 0.583 bits per heavy atom. The molecule has 0 N–H and O–H groups in total. The van der Waals surface area contributed by atoms with E-state index in [4.69, 9.17) is 9.47 Å². The van der Waals surface area contributed by atoms with Crippen LogP contribution in [0.5, 0.6) is 11.5 Å². The van der Waals surface area contributed by atoms with Gasteiger partial charge in [0.2, 0.25) is 0 Å². The molecule has 0 spiro atoms. The number of hydrogen-bond acceptors (Lipinski definition) is 4. The van der Waals surface area contributed by atoms with Gasteiger partial charge in [-0.25, -0.2) is 9.59 Å². The van der Waals surface area contributed by atoms with Crippen molar-refractivity contribution >= 4 is 11.9 Å². The van der Waals surface area contributed by atoms with Gasteiger partial charge in [-0.05, 0) is 60.4 Å². The summed E-state index contributed by atoms with van der Waals surface area (Å²) in [6.07, 6.45) is 0. The van der Waals surface area contributed by atoms with E-state index >= 15 is 0 Å². The van der Waals surface area contributed by atoms with Crippen LogP contribution < -0.4 is 9.47 Å². The summed E-state index contributed by atoms with van der Waals surface area (Å²) >= 11 is 0. The molecule has 0 aliphatic carbocycles. The lowest BCUT2D eigenvalue weighted by molar-refractivity contribution is -0.130. The maximum Gasteiger partial charge on any atom is 0.338 e. The van der Waals surface area contributed by atoms with Gasteiger partial charge in [-0.1, -0.05) is 89.4 Å². The fourth-order valence-corrected chi connectivity index (χ4v) is 3.90. The SMILES string of the molecule is C=C(C)C(=O)Oc1ccc(C(C)(C)c2cccc(C(C)(C)c3ccc(OC(=O)C(=C)C)cc3)c2)cc1. The normalized spacial score (nSPS) is 11.5. The molecule has 4 nitrogen and oxygen atoms in total. The van der Waals surface area contributed by atoms with E-state index in [9.17, 15) is 9.59 Å². The third kappa shape index (κ3) is 5.83. The third-order valence-electron chi connectivity index (χ3n) is 6.58. The molecular formula is C32H34O4. The Balaban J connectivity index is 1.85. The molecule has 0 saturated carbocycles. The lowest BCUT2D eigenvalue weighted by Crippen LogP contribution is -2.23. The van der Waals surface area contributed by atoms with Crippen LogP contribution in [0.2, 0.25) is 0 Å². The van der Waals surface area contributed by atoms with E-state index < -0.39 is 11.9 Å². The Kier molecular flexibility index (Phi) is 7.68. The summed E-state index contributed by atoms with van der Waals surface area (Å²) in [5.74, 6) is 0.127. The van der Waals surface area contributed by atoms with Crippen LogP contribution in [0, 0.1) is 0 Å². The highest BCUT2D eigenvalue weighted by molar-refractivity contribution is 5.89. The van der Waals surface area contributed by atoms with Crippen LogP contribution in [0.3, 0.4) is 0 Å². The molecule has 0 fully saturated rings. The number of esters is 2. The Bertz CT molecular complexity index is 1190. The molecule has 0 heterocycles. The summed E-state index contributed by atoms with van der Waals surface area (Å²) in [6, 6.07) is 23.8. The van der Waals surface area contributed by atoms with E-state index in [2.05, 4.69) is 65.1 Å². The van der Waals surface area contributed by atoms with Crippen molar-refractivity contribution in [1.29, 1.82) is 0 Å². The van der Waals surface area contributed by atoms with Crippen molar-refractivity contribution in [3.8, 4) is 11.5 Å². The highest BCUT2D eigenvalue weighted by Crippen LogP contribution is 2.37. The molecule has 4 heteroatoms. The average Bonchev–Trinajstić information content (AvgIpc) is 2.84. The monoisotopic (exact) mass is 482 g/mol. The molecule has 0 aliphatic heterocycles. The first-order valence-electron chi connectivity index (χ1n) is 11.9. The third-order valence-corrected chi connectivity index (χ3v) is 6.58. The summed E-state index contributed by atoms with van der Waals surface area (Å²) in [5, 5.41) is 0. The van der Waals surface area contributed by atoms with Crippen LogP contribution in [-0.2, 0) is 20.4 Å². The van der Waals surface area contributed by atoms with Gasteiger partial charge in [0.25, 0.3) is 0 Å². The van der Waals surface area contributed by atoms with Crippen LogP contribution in [0.25, 0.3) is 0 Å². The molecule has 3 aromatic rings. The second-order valence-corrected chi connectivity index (χ2v) is 10.2. The van der Waals surface area contributed by atoms with Crippen LogP contribution in [0.15, 0.2) is 97.1 Å². The molecule has 186 valence electrons. The standard InChI is InChI=1S/C32H34O4/c1-21(2)29(33)35-27-16-12-23(13-17-27)31(5,6)25-10-9-11-26(20-25)32(7,8)24-14-18-28(19-15-24)36-30(34)22(3)4/h9-20H,1,3H2,2,4-8H3. The molecule has 0 bridgehead atoms. The fourth-order valence-electron chi connectivity index (χ4n) is 3.90. The maximum atomic E-state index is 11.8. The Labute approximate surface area is 214 Å². The predicted molar refractivity (Wildman–Crippen MR) is 144 cm³/mol. The van der Waals surface area contributed by atoms with Gasteiger partial charge in [0.05, 0.1) is 0 Å². The zero-order valence-corrected chi connectivity index (χ0v) is 22.0. The number of rotatable bonds is 8. The van der Waals surface area contributed by atoms with E-state index in [0.29, 0.717) is 22.6 Å². The summed E-state index contributed by atoms with van der Waals surface area (Å²) in [7, 11) is 0. The molecular weight excluding hydrogens is 448 g/mol. The Morgan fingerprint density at radius 3 is 1.22 bits per heavy atom. The highest BCUT2D eigenvalue weighted by atomic mass is 16.5. The van der Waals surface area contributed by atoms with Crippen LogP contribution in [-0.4, -0.2) is 11.9 Å². The summed E-state index contributed by atoms with van der Waals surface area (Å²) < 4.78 is 10.7. The molecule has 0 amide bonds. The number of carbonyl (C=O) groups excluding carboxylic acids is 2. The molecule has 0 aliphatic rings. The van der Waals surface area contributed by atoms with Crippen molar-refractivity contribution in [3.63, 3.8) is 0 Å². The largest absolute Gasteiger partial charge is 0.423 e. The minimum absolute atomic E-state index is 0.274. The summed E-state index contributed by atoms with van der Waals surface area (Å²) in [4.78, 5) is 23.6. The van der Waals surface area contributed by atoms with E-state index in [0.717, 1.165) is 11.1 Å². The molecule has 36 heavy (non-hydrogen) atoms. The Morgan fingerprint density at radius 2 is 0.917 bits per heavy atom. The molecule has 0 radical (unpaired) electrons. The number of hydrogen-bond donors (Lipinski definition) is 0. The minimum atomic E-state index is -0.432. The van der Waals surface area contributed by atoms with Gasteiger partial charge in [-0.3, -0.25) is 0 Å². The first-order chi connectivity index (χ1) is 16.8. The zero-order valence-electron chi connectivity index (χ0n) is 22.0. The van der Waals surface area contributed by atoms with Gasteiger partial charge in [0, 0.05) is 22.0 Å². The minimum Gasteiger partial charge on any atom is -0.423 e. The van der Waals surface area contributed by atoms with Gasteiger partial charge in [0.1, 0.15) is 11.5 Å². The summed E-state index contributed by atoms with van der Waals surface area (Å²) in [6.45, 7) is 19.2. The summed E-state index contributed by atoms with van der Waals surface area (Å²) in [5.41, 5.74) is 4.74. The first-order valence-corrected chi connectivity index (χ1v) is 11.9. The lowest BCUT2D eigenvalue weighted by Gasteiger charge is -2.31. The predicted octanol–water partition coefficient (Wildman–Crippen LogP) is 7.30. The van der Waals surface area contributed by atoms with Gasteiger partial charge in [0.15, 0.2) is 0 Å². The second-order valence-electron chi connectivity index (χ2n) is 10.2. The average molecular weight is 483 g/mol. The van der Waals surface area contributed by atoms with Crippen LogP contribution >= 0.6 is 0 Å². The van der Waals surface area contributed by atoms with Crippen LogP contribution in [0.1, 0.15) is 63.8 Å². The van der Waals surface area contributed by atoms with Crippen molar-refractivity contribution < 1.29 is 19.1 Å². The molecule has 0 saturated heterocycles. The molecule has 3 aromatic carbocycles. The van der Waals surface area contributed by atoms with Gasteiger partial charge in [-0.2, -0.15) is 0 Å². The second kappa shape index (κ2) is 10.4. The number of carbonyl (C=O) groups is 2. The van der Waals surface area contributed by atoms with Crippen molar-refractivity contribution in [3.05, 3.63) is 119 Å². The van der Waals surface area contributed by atoms with Gasteiger partial charge >= 0.3 is 11.9 Å². The van der Waals surface area contributed by atoms with Crippen LogP contribution in [0.4, 0.5) is 0 Å². The number of benzene rings is 3. The van der Waals surface area contributed by atoms with E-state index in [1.807, 2.05) is 48.5 Å². The van der Waals surface area contributed by atoms with Crippen molar-refractivity contribution in [2.24, 2.45) is 0 Å². The molecule has 0 atom stereocenters. The van der Waals surface area contributed by atoms with E-state index in [1.54, 1.807) is 13.8 Å². The van der Waals surface area contributed by atoms with E-state index in [1.165, 1.54) is 11.1 Å². The van der Waals surface area contributed by atoms with Crippen molar-refractivity contribution in [2.75, 3.05) is 0 Å². The van der Waals surface area contributed by atoms with Gasteiger partial charge in [-0.15, -0.1) is 0 Å². The highest BCUT2D eigenvalue weighted by Gasteiger charge is 2.28. The number of ether oxygens (including phenoxy) is 2. The maximum absolute atomic E-state index is 11.8.